The summed E-state index contributed by atoms with van der Waals surface area (Å²) in [6.45, 7) is 6.16. The van der Waals surface area contributed by atoms with Crippen LogP contribution in [0.25, 0.3) is 0 Å². The number of carbonyl (C=O) groups is 2. The van der Waals surface area contributed by atoms with E-state index in [9.17, 15) is 9.59 Å². The van der Waals surface area contributed by atoms with Crippen molar-refractivity contribution in [2.45, 2.75) is 13.8 Å². The third kappa shape index (κ3) is 5.05. The number of hydrogen-bond acceptors (Lipinski definition) is 4. The average molecular weight is 321 g/mol. The molecule has 7 nitrogen and oxygen atoms in total. The molecular formula is C16H23N3O4. The summed E-state index contributed by atoms with van der Waals surface area (Å²) < 4.78 is 10.4. The first kappa shape index (κ1) is 16.9. The van der Waals surface area contributed by atoms with E-state index in [1.165, 1.54) is 0 Å². The molecule has 0 spiro atoms. The molecule has 3 amide bonds. The zero-order valence-corrected chi connectivity index (χ0v) is 13.6. The Labute approximate surface area is 136 Å². The van der Waals surface area contributed by atoms with E-state index >= 15 is 0 Å². The van der Waals surface area contributed by atoms with Gasteiger partial charge in [0.25, 0.3) is 0 Å². The maximum atomic E-state index is 12.0. The summed E-state index contributed by atoms with van der Waals surface area (Å²) in [5.41, 5.74) is 1.15. The number of amides is 3. The van der Waals surface area contributed by atoms with Crippen LogP contribution in [0.1, 0.15) is 12.5 Å². The lowest BCUT2D eigenvalue weighted by Crippen LogP contribution is -2.53. The summed E-state index contributed by atoms with van der Waals surface area (Å²) in [7, 11) is 0. The normalized spacial score (nSPS) is 14.3. The third-order valence-electron chi connectivity index (χ3n) is 3.58. The van der Waals surface area contributed by atoms with Crippen molar-refractivity contribution in [3.05, 3.63) is 29.8 Å². The van der Waals surface area contributed by atoms with Crippen LogP contribution in [0.3, 0.4) is 0 Å². The zero-order chi connectivity index (χ0) is 16.7. The number of benzene rings is 1. The molecule has 23 heavy (non-hydrogen) atoms. The Morgan fingerprint density at radius 3 is 2.30 bits per heavy atom. The number of urea groups is 1. The number of carbonyl (C=O) groups excluding carboxylic acids is 2. The van der Waals surface area contributed by atoms with Crippen LogP contribution in [0.5, 0.6) is 5.75 Å². The Kier molecular flexibility index (Phi) is 6.08. The van der Waals surface area contributed by atoms with Crippen LogP contribution in [0.15, 0.2) is 24.3 Å². The Hall–Kier alpha value is -2.44. The minimum Gasteiger partial charge on any atom is -0.473 e. The van der Waals surface area contributed by atoms with Crippen LogP contribution < -0.4 is 10.1 Å². The summed E-state index contributed by atoms with van der Waals surface area (Å²) >= 11 is 0. The second-order valence-electron chi connectivity index (χ2n) is 5.26. The quantitative estimate of drug-likeness (QED) is 0.859. The molecule has 1 heterocycles. The van der Waals surface area contributed by atoms with E-state index in [2.05, 4.69) is 5.32 Å². The predicted octanol–water partition coefficient (Wildman–Crippen LogP) is 1.82. The van der Waals surface area contributed by atoms with Crippen molar-refractivity contribution < 1.29 is 19.1 Å². The van der Waals surface area contributed by atoms with Crippen LogP contribution in [-0.4, -0.2) is 61.4 Å². The minimum absolute atomic E-state index is 0.111. The van der Waals surface area contributed by atoms with Gasteiger partial charge in [-0.3, -0.25) is 0 Å². The smallest absolute Gasteiger partial charge is 0.409 e. The maximum Gasteiger partial charge on any atom is 0.409 e. The molecule has 0 atom stereocenters. The Morgan fingerprint density at radius 1 is 1.09 bits per heavy atom. The fourth-order valence-electron chi connectivity index (χ4n) is 2.23. The van der Waals surface area contributed by atoms with Crippen molar-refractivity contribution in [3.8, 4) is 5.75 Å². The summed E-state index contributed by atoms with van der Waals surface area (Å²) in [5.74, 6) is 0.711. The lowest BCUT2D eigenvalue weighted by Gasteiger charge is -2.33. The largest absolute Gasteiger partial charge is 0.473 e. The number of ether oxygens (including phenoxy) is 2. The molecule has 1 fully saturated rings. The van der Waals surface area contributed by atoms with Gasteiger partial charge in [0.1, 0.15) is 5.75 Å². The molecule has 0 bridgehead atoms. The summed E-state index contributed by atoms with van der Waals surface area (Å²) in [4.78, 5) is 26.9. The highest BCUT2D eigenvalue weighted by Gasteiger charge is 2.24. The standard InChI is InChI=1S/C16H23N3O4/c1-3-22-16(21)19-10-8-18(9-11-19)15(20)17-12-23-14-6-4-13(2)5-7-14/h4-7H,3,8-12H2,1-2H3,(H,17,20). The molecule has 1 aromatic rings. The molecule has 7 heteroatoms. The van der Waals surface area contributed by atoms with Gasteiger partial charge in [0, 0.05) is 26.2 Å². The summed E-state index contributed by atoms with van der Waals surface area (Å²) in [6, 6.07) is 7.43. The molecular weight excluding hydrogens is 298 g/mol. The average Bonchev–Trinajstić information content (AvgIpc) is 2.57. The fourth-order valence-corrected chi connectivity index (χ4v) is 2.23. The molecule has 0 unspecified atom stereocenters. The molecule has 0 aliphatic carbocycles. The van der Waals surface area contributed by atoms with Gasteiger partial charge in [-0.05, 0) is 26.0 Å². The molecule has 1 N–H and O–H groups in total. The van der Waals surface area contributed by atoms with E-state index in [0.717, 1.165) is 5.56 Å². The van der Waals surface area contributed by atoms with E-state index < -0.39 is 0 Å². The first-order valence-corrected chi connectivity index (χ1v) is 7.74. The van der Waals surface area contributed by atoms with Gasteiger partial charge < -0.3 is 24.6 Å². The van der Waals surface area contributed by atoms with Gasteiger partial charge in [0.2, 0.25) is 0 Å². The predicted molar refractivity (Wildman–Crippen MR) is 85.4 cm³/mol. The first-order chi connectivity index (χ1) is 11.1. The maximum absolute atomic E-state index is 12.0. The number of rotatable bonds is 4. The van der Waals surface area contributed by atoms with Gasteiger partial charge in [-0.25, -0.2) is 9.59 Å². The lowest BCUT2D eigenvalue weighted by atomic mass is 10.2. The second kappa shape index (κ2) is 8.26. The second-order valence-corrected chi connectivity index (χ2v) is 5.26. The van der Waals surface area contributed by atoms with Crippen LogP contribution in [-0.2, 0) is 4.74 Å². The molecule has 126 valence electrons. The van der Waals surface area contributed by atoms with Gasteiger partial charge in [-0.2, -0.15) is 0 Å². The molecule has 1 aliphatic rings. The molecule has 0 saturated carbocycles. The van der Waals surface area contributed by atoms with Crippen molar-refractivity contribution >= 4 is 12.1 Å². The van der Waals surface area contributed by atoms with Gasteiger partial charge in [-0.1, -0.05) is 17.7 Å². The van der Waals surface area contributed by atoms with E-state index in [4.69, 9.17) is 9.47 Å². The Bertz CT molecular complexity index is 525. The number of hydrogen-bond donors (Lipinski definition) is 1. The van der Waals surface area contributed by atoms with E-state index in [-0.39, 0.29) is 18.9 Å². The number of nitrogens with one attached hydrogen (secondary N) is 1. The molecule has 1 saturated heterocycles. The van der Waals surface area contributed by atoms with Crippen LogP contribution in [0.4, 0.5) is 9.59 Å². The fraction of sp³-hybridized carbons (Fsp3) is 0.500. The van der Waals surface area contributed by atoms with Gasteiger partial charge in [0.05, 0.1) is 6.61 Å². The summed E-state index contributed by atoms with van der Waals surface area (Å²) in [5, 5.41) is 2.71. The molecule has 2 rings (SSSR count). The highest BCUT2D eigenvalue weighted by atomic mass is 16.6. The van der Waals surface area contributed by atoms with Crippen LogP contribution in [0.2, 0.25) is 0 Å². The molecule has 0 aromatic heterocycles. The zero-order valence-electron chi connectivity index (χ0n) is 13.6. The third-order valence-corrected chi connectivity index (χ3v) is 3.58. The lowest BCUT2D eigenvalue weighted by molar-refractivity contribution is 0.0843. The van der Waals surface area contributed by atoms with Gasteiger partial charge in [0.15, 0.2) is 6.73 Å². The molecule has 1 aliphatic heterocycles. The number of nitrogens with zero attached hydrogens (tertiary/aromatic N) is 2. The van der Waals surface area contributed by atoms with E-state index in [1.807, 2.05) is 31.2 Å². The Balaban J connectivity index is 1.68. The van der Waals surface area contributed by atoms with Crippen molar-refractivity contribution in [1.82, 2.24) is 15.1 Å². The highest BCUT2D eigenvalue weighted by Crippen LogP contribution is 2.10. The van der Waals surface area contributed by atoms with Crippen molar-refractivity contribution in [2.75, 3.05) is 39.5 Å². The number of aryl methyl sites for hydroxylation is 1. The molecule has 1 aromatic carbocycles. The van der Waals surface area contributed by atoms with Gasteiger partial charge >= 0.3 is 12.1 Å². The van der Waals surface area contributed by atoms with Crippen molar-refractivity contribution in [1.29, 1.82) is 0 Å². The van der Waals surface area contributed by atoms with E-state index in [1.54, 1.807) is 16.7 Å². The monoisotopic (exact) mass is 321 g/mol. The Morgan fingerprint density at radius 2 is 1.70 bits per heavy atom. The minimum atomic E-state index is -0.324. The van der Waals surface area contributed by atoms with Gasteiger partial charge in [-0.15, -0.1) is 0 Å². The van der Waals surface area contributed by atoms with E-state index in [0.29, 0.717) is 38.5 Å². The highest BCUT2D eigenvalue weighted by molar-refractivity contribution is 5.74. The van der Waals surface area contributed by atoms with Crippen molar-refractivity contribution in [2.24, 2.45) is 0 Å². The van der Waals surface area contributed by atoms with Crippen LogP contribution in [0, 0.1) is 6.92 Å². The first-order valence-electron chi connectivity index (χ1n) is 7.74. The van der Waals surface area contributed by atoms with Crippen LogP contribution >= 0.6 is 0 Å². The SMILES string of the molecule is CCOC(=O)N1CCN(C(=O)NCOc2ccc(C)cc2)CC1. The summed E-state index contributed by atoms with van der Waals surface area (Å²) in [6.07, 6.45) is -0.324. The molecule has 0 radical (unpaired) electrons. The number of piperazine rings is 1. The van der Waals surface area contributed by atoms with Crippen molar-refractivity contribution in [3.63, 3.8) is 0 Å². The topological polar surface area (TPSA) is 71.1 Å².